The third-order valence-corrected chi connectivity index (χ3v) is 2.29. The van der Waals surface area contributed by atoms with Crippen LogP contribution in [0.1, 0.15) is 22.3 Å². The Kier molecular flexibility index (Phi) is 4.76. The Hall–Kier alpha value is -2.48. The predicted molar refractivity (Wildman–Crippen MR) is 65.8 cm³/mol. The molecule has 0 saturated carbocycles. The minimum absolute atomic E-state index is 0.0989. The molecule has 0 bridgehead atoms. The molecule has 5 nitrogen and oxygen atoms in total. The Morgan fingerprint density at radius 1 is 1.39 bits per heavy atom. The van der Waals surface area contributed by atoms with Gasteiger partial charge in [-0.05, 0) is 17.7 Å². The van der Waals surface area contributed by atoms with Crippen molar-refractivity contribution in [2.75, 3.05) is 14.2 Å². The van der Waals surface area contributed by atoms with Crippen molar-refractivity contribution in [3.05, 3.63) is 29.3 Å². The number of nitriles is 1. The predicted octanol–water partition coefficient (Wildman–Crippen LogP) is 2.33. The standard InChI is InChI=1S/C13H13NO4/c1-17-11-7-9(5-3-4-6-14)10(13(15)16)8-12(11)18-2/h3,5,7-8H,4H2,1-2H3,(H,15,16). The molecule has 5 heteroatoms. The number of benzene rings is 1. The molecular weight excluding hydrogens is 234 g/mol. The average molecular weight is 247 g/mol. The van der Waals surface area contributed by atoms with E-state index in [4.69, 9.17) is 19.8 Å². The van der Waals surface area contributed by atoms with E-state index >= 15 is 0 Å². The highest BCUT2D eigenvalue weighted by Crippen LogP contribution is 2.31. The van der Waals surface area contributed by atoms with E-state index in [2.05, 4.69) is 0 Å². The van der Waals surface area contributed by atoms with Crippen molar-refractivity contribution in [2.24, 2.45) is 0 Å². The SMILES string of the molecule is COc1cc(C=CCC#N)c(C(=O)O)cc1OC. The highest BCUT2D eigenvalue weighted by molar-refractivity contribution is 5.93. The van der Waals surface area contributed by atoms with Gasteiger partial charge in [-0.25, -0.2) is 4.79 Å². The molecule has 94 valence electrons. The summed E-state index contributed by atoms with van der Waals surface area (Å²) >= 11 is 0. The molecule has 1 rings (SSSR count). The Bertz CT molecular complexity index is 514. The molecule has 0 aliphatic rings. The fourth-order valence-corrected chi connectivity index (χ4v) is 1.46. The van der Waals surface area contributed by atoms with Crippen LogP contribution in [0.25, 0.3) is 6.08 Å². The zero-order chi connectivity index (χ0) is 13.5. The number of ether oxygens (including phenoxy) is 2. The molecule has 0 unspecified atom stereocenters. The molecule has 1 aromatic rings. The number of allylic oxidation sites excluding steroid dienone is 1. The van der Waals surface area contributed by atoms with Crippen LogP contribution in [-0.4, -0.2) is 25.3 Å². The van der Waals surface area contributed by atoms with Crippen LogP contribution in [0.2, 0.25) is 0 Å². The van der Waals surface area contributed by atoms with E-state index in [1.54, 1.807) is 18.2 Å². The zero-order valence-corrected chi connectivity index (χ0v) is 10.1. The van der Waals surface area contributed by atoms with Crippen molar-refractivity contribution >= 4 is 12.0 Å². The van der Waals surface area contributed by atoms with Gasteiger partial charge in [0, 0.05) is 0 Å². The van der Waals surface area contributed by atoms with Crippen LogP contribution in [0.3, 0.4) is 0 Å². The molecule has 0 aromatic heterocycles. The van der Waals surface area contributed by atoms with E-state index in [0.29, 0.717) is 17.1 Å². The van der Waals surface area contributed by atoms with Gasteiger partial charge in [0.2, 0.25) is 0 Å². The summed E-state index contributed by atoms with van der Waals surface area (Å²) in [6.07, 6.45) is 3.38. The summed E-state index contributed by atoms with van der Waals surface area (Å²) in [6, 6.07) is 4.91. The summed E-state index contributed by atoms with van der Waals surface area (Å²) in [5.41, 5.74) is 0.567. The van der Waals surface area contributed by atoms with E-state index in [-0.39, 0.29) is 12.0 Å². The molecule has 0 saturated heterocycles. The molecule has 0 aliphatic carbocycles. The van der Waals surface area contributed by atoms with E-state index in [9.17, 15) is 4.79 Å². The second-order valence-electron chi connectivity index (χ2n) is 3.36. The van der Waals surface area contributed by atoms with Gasteiger partial charge in [0.15, 0.2) is 11.5 Å². The molecule has 18 heavy (non-hydrogen) atoms. The maximum Gasteiger partial charge on any atom is 0.336 e. The van der Waals surface area contributed by atoms with Crippen molar-refractivity contribution in [3.8, 4) is 17.6 Å². The largest absolute Gasteiger partial charge is 0.493 e. The molecule has 0 fully saturated rings. The van der Waals surface area contributed by atoms with Crippen molar-refractivity contribution < 1.29 is 19.4 Å². The first kappa shape index (κ1) is 13.6. The highest BCUT2D eigenvalue weighted by atomic mass is 16.5. The normalized spacial score (nSPS) is 10.1. The lowest BCUT2D eigenvalue weighted by molar-refractivity contribution is 0.0696. The number of rotatable bonds is 5. The van der Waals surface area contributed by atoms with Gasteiger partial charge in [0.05, 0.1) is 32.3 Å². The average Bonchev–Trinajstić information content (AvgIpc) is 2.38. The summed E-state index contributed by atoms with van der Waals surface area (Å²) in [5, 5.41) is 17.6. The zero-order valence-electron chi connectivity index (χ0n) is 10.1. The highest BCUT2D eigenvalue weighted by Gasteiger charge is 2.14. The van der Waals surface area contributed by atoms with Gasteiger partial charge in [-0.2, -0.15) is 5.26 Å². The molecule has 0 heterocycles. The van der Waals surface area contributed by atoms with E-state index in [1.807, 2.05) is 6.07 Å². The fourth-order valence-electron chi connectivity index (χ4n) is 1.46. The van der Waals surface area contributed by atoms with Crippen LogP contribution in [-0.2, 0) is 0 Å². The minimum atomic E-state index is -1.06. The van der Waals surface area contributed by atoms with Crippen LogP contribution >= 0.6 is 0 Å². The quantitative estimate of drug-likeness (QED) is 0.863. The van der Waals surface area contributed by atoms with Gasteiger partial charge in [-0.3, -0.25) is 0 Å². The molecule has 0 atom stereocenters. The van der Waals surface area contributed by atoms with E-state index in [0.717, 1.165) is 0 Å². The number of methoxy groups -OCH3 is 2. The summed E-state index contributed by atoms with van der Waals surface area (Å²) in [6.45, 7) is 0. The van der Waals surface area contributed by atoms with Crippen molar-refractivity contribution in [1.82, 2.24) is 0 Å². The number of nitrogens with zero attached hydrogens (tertiary/aromatic N) is 1. The molecule has 1 N–H and O–H groups in total. The number of carboxylic acid groups (broad SMARTS) is 1. The molecule has 0 amide bonds. The molecular formula is C13H13NO4. The van der Waals surface area contributed by atoms with Gasteiger partial charge < -0.3 is 14.6 Å². The second kappa shape index (κ2) is 6.30. The van der Waals surface area contributed by atoms with Gasteiger partial charge in [0.25, 0.3) is 0 Å². The van der Waals surface area contributed by atoms with Gasteiger partial charge in [-0.15, -0.1) is 0 Å². The number of hydrogen-bond acceptors (Lipinski definition) is 4. The van der Waals surface area contributed by atoms with Crippen molar-refractivity contribution in [3.63, 3.8) is 0 Å². The maximum absolute atomic E-state index is 11.1. The lowest BCUT2D eigenvalue weighted by Gasteiger charge is -2.10. The maximum atomic E-state index is 11.1. The Morgan fingerprint density at radius 3 is 2.50 bits per heavy atom. The summed E-state index contributed by atoms with van der Waals surface area (Å²) in [4.78, 5) is 11.1. The monoisotopic (exact) mass is 247 g/mol. The van der Waals surface area contributed by atoms with E-state index < -0.39 is 5.97 Å². The Labute approximate surface area is 105 Å². The molecule has 0 spiro atoms. The fraction of sp³-hybridized carbons (Fsp3) is 0.231. The first-order valence-electron chi connectivity index (χ1n) is 5.16. The summed E-state index contributed by atoms with van der Waals surface area (Å²) < 4.78 is 10.1. The van der Waals surface area contributed by atoms with E-state index in [1.165, 1.54) is 20.3 Å². The number of carbonyl (C=O) groups is 1. The van der Waals surface area contributed by atoms with Gasteiger partial charge in [0.1, 0.15) is 0 Å². The first-order valence-corrected chi connectivity index (χ1v) is 5.16. The van der Waals surface area contributed by atoms with Crippen molar-refractivity contribution in [1.29, 1.82) is 5.26 Å². The van der Waals surface area contributed by atoms with Crippen LogP contribution < -0.4 is 9.47 Å². The lowest BCUT2D eigenvalue weighted by atomic mass is 10.1. The van der Waals surface area contributed by atoms with Crippen LogP contribution in [0.15, 0.2) is 18.2 Å². The number of aromatic carboxylic acids is 1. The van der Waals surface area contributed by atoms with Crippen molar-refractivity contribution in [2.45, 2.75) is 6.42 Å². The van der Waals surface area contributed by atoms with Gasteiger partial charge in [-0.1, -0.05) is 12.2 Å². The summed E-state index contributed by atoms with van der Waals surface area (Å²) in [7, 11) is 2.91. The third kappa shape index (κ3) is 3.01. The molecule has 0 aliphatic heterocycles. The van der Waals surface area contributed by atoms with Crippen LogP contribution in [0, 0.1) is 11.3 Å². The number of hydrogen-bond donors (Lipinski definition) is 1. The summed E-state index contributed by atoms with van der Waals surface area (Å²) in [5.74, 6) is -0.265. The minimum Gasteiger partial charge on any atom is -0.493 e. The van der Waals surface area contributed by atoms with Crippen LogP contribution in [0.4, 0.5) is 0 Å². The number of carboxylic acids is 1. The van der Waals surface area contributed by atoms with Crippen LogP contribution in [0.5, 0.6) is 11.5 Å². The second-order valence-corrected chi connectivity index (χ2v) is 3.36. The first-order chi connectivity index (χ1) is 8.63. The third-order valence-electron chi connectivity index (χ3n) is 2.29. The smallest absolute Gasteiger partial charge is 0.336 e. The van der Waals surface area contributed by atoms with Gasteiger partial charge >= 0.3 is 5.97 Å². The Balaban J connectivity index is 3.29. The molecule has 1 aromatic carbocycles. The Morgan fingerprint density at radius 2 is 2.00 bits per heavy atom. The molecule has 0 radical (unpaired) electrons. The lowest BCUT2D eigenvalue weighted by Crippen LogP contribution is -2.02. The topological polar surface area (TPSA) is 79.5 Å².